The van der Waals surface area contributed by atoms with Crippen LogP contribution >= 0.6 is 0 Å². The molecule has 0 atom stereocenters. The number of hydroxylamine groups is 1. The molecule has 0 aliphatic carbocycles. The van der Waals surface area contributed by atoms with E-state index >= 15 is 0 Å². The van der Waals surface area contributed by atoms with Crippen LogP contribution in [0, 0.1) is 0 Å². The molecule has 0 amide bonds. The van der Waals surface area contributed by atoms with E-state index < -0.39 is 10.1 Å². The van der Waals surface area contributed by atoms with Crippen molar-refractivity contribution in [3.63, 3.8) is 0 Å². The van der Waals surface area contributed by atoms with Gasteiger partial charge >= 0.3 is 0 Å². The average Bonchev–Trinajstić information content (AvgIpc) is 2.25. The Labute approximate surface area is 113 Å². The first kappa shape index (κ1) is 15.5. The lowest BCUT2D eigenvalue weighted by Crippen LogP contribution is -2.33. The maximum absolute atomic E-state index is 10.7. The second kappa shape index (κ2) is 5.58. The van der Waals surface area contributed by atoms with Crippen LogP contribution in [0.4, 0.5) is 5.69 Å². The number of hydrogen-bond acceptors (Lipinski definition) is 4. The fraction of sp³-hybridized carbons (Fsp3) is 0.417. The van der Waals surface area contributed by atoms with Crippen LogP contribution in [0.15, 0.2) is 29.3 Å². The summed E-state index contributed by atoms with van der Waals surface area (Å²) in [5.41, 5.74) is 9.38. The Kier molecular flexibility index (Phi) is 4.54. The van der Waals surface area contributed by atoms with Crippen LogP contribution in [0.5, 0.6) is 0 Å². The van der Waals surface area contributed by atoms with Gasteiger partial charge in [0.1, 0.15) is 0 Å². The van der Waals surface area contributed by atoms with Crippen molar-refractivity contribution in [2.75, 3.05) is 6.26 Å². The smallest absolute Gasteiger partial charge is 0.285 e. The van der Waals surface area contributed by atoms with Crippen molar-refractivity contribution >= 4 is 21.8 Å². The van der Waals surface area contributed by atoms with Gasteiger partial charge in [0.05, 0.1) is 11.9 Å². The van der Waals surface area contributed by atoms with Crippen LogP contribution in [0.1, 0.15) is 26.3 Å². The van der Waals surface area contributed by atoms with Gasteiger partial charge in [0.2, 0.25) is 5.96 Å². The van der Waals surface area contributed by atoms with Crippen molar-refractivity contribution in [2.45, 2.75) is 26.2 Å². The summed E-state index contributed by atoms with van der Waals surface area (Å²) in [5, 5.41) is 0. The lowest BCUT2D eigenvalue weighted by molar-refractivity contribution is 0.269. The van der Waals surface area contributed by atoms with Crippen molar-refractivity contribution < 1.29 is 12.7 Å². The maximum atomic E-state index is 10.7. The second-order valence-electron chi connectivity index (χ2n) is 5.18. The first-order valence-electron chi connectivity index (χ1n) is 5.67. The molecule has 1 rings (SSSR count). The zero-order chi connectivity index (χ0) is 14.7. The Morgan fingerprint density at radius 1 is 1.26 bits per heavy atom. The molecule has 0 unspecified atom stereocenters. The van der Waals surface area contributed by atoms with E-state index in [0.717, 1.165) is 6.26 Å². The topological polar surface area (TPSA) is 93.8 Å². The van der Waals surface area contributed by atoms with E-state index in [9.17, 15) is 8.42 Å². The lowest BCUT2D eigenvalue weighted by Gasteiger charge is -2.18. The van der Waals surface area contributed by atoms with Gasteiger partial charge in [-0.25, -0.2) is 10.5 Å². The molecule has 106 valence electrons. The molecule has 0 aromatic heterocycles. The van der Waals surface area contributed by atoms with Gasteiger partial charge in [-0.3, -0.25) is 0 Å². The minimum atomic E-state index is -3.61. The van der Waals surface area contributed by atoms with Gasteiger partial charge in [0.25, 0.3) is 10.1 Å². The van der Waals surface area contributed by atoms with E-state index in [0.29, 0.717) is 5.69 Å². The monoisotopic (exact) mass is 285 g/mol. The summed E-state index contributed by atoms with van der Waals surface area (Å²) in [6, 6.07) is 7.50. The molecular formula is C12H19N3O3S. The molecule has 6 nitrogen and oxygen atoms in total. The van der Waals surface area contributed by atoms with E-state index in [4.69, 9.17) is 5.73 Å². The van der Waals surface area contributed by atoms with Crippen molar-refractivity contribution in [3.8, 4) is 0 Å². The fourth-order valence-electron chi connectivity index (χ4n) is 1.32. The maximum Gasteiger partial charge on any atom is 0.285 e. The van der Waals surface area contributed by atoms with Crippen LogP contribution in [-0.4, -0.2) is 20.6 Å². The molecule has 0 fully saturated rings. The molecular weight excluding hydrogens is 266 g/mol. The summed E-state index contributed by atoms with van der Waals surface area (Å²) in [6.07, 6.45) is 0.908. The minimum Gasteiger partial charge on any atom is -0.368 e. The van der Waals surface area contributed by atoms with E-state index in [1.165, 1.54) is 5.56 Å². The predicted molar refractivity (Wildman–Crippen MR) is 75.5 cm³/mol. The van der Waals surface area contributed by atoms with Crippen LogP contribution in [0.25, 0.3) is 0 Å². The van der Waals surface area contributed by atoms with Gasteiger partial charge in [-0.2, -0.15) is 8.42 Å². The van der Waals surface area contributed by atoms with Gasteiger partial charge in [-0.05, 0) is 23.1 Å². The number of benzene rings is 1. The molecule has 19 heavy (non-hydrogen) atoms. The third kappa shape index (κ3) is 5.71. The standard InChI is InChI=1S/C12H19N3O3S/c1-12(2,3)9-5-7-10(8-6-9)14-11(13)15-18-19(4,16)17/h5-8H,1-4H3,(H3,13,14,15). The molecule has 0 aliphatic heterocycles. The number of nitrogens with zero attached hydrogens (tertiary/aromatic N) is 1. The summed E-state index contributed by atoms with van der Waals surface area (Å²) < 4.78 is 25.8. The predicted octanol–water partition coefficient (Wildman–Crippen LogP) is 1.41. The van der Waals surface area contributed by atoms with Crippen LogP contribution in [0.2, 0.25) is 0 Å². The Bertz CT molecular complexity index is 557. The zero-order valence-corrected chi connectivity index (χ0v) is 12.3. The van der Waals surface area contributed by atoms with E-state index in [2.05, 4.69) is 35.5 Å². The molecule has 1 aromatic rings. The van der Waals surface area contributed by atoms with E-state index in [-0.39, 0.29) is 11.4 Å². The fourth-order valence-corrected chi connectivity index (χ4v) is 1.55. The molecule has 0 spiro atoms. The van der Waals surface area contributed by atoms with Crippen molar-refractivity contribution in [1.29, 1.82) is 0 Å². The van der Waals surface area contributed by atoms with Crippen LogP contribution in [0.3, 0.4) is 0 Å². The van der Waals surface area contributed by atoms with Gasteiger partial charge in [-0.1, -0.05) is 32.9 Å². The SMILES string of the molecule is CC(C)(C)c1ccc(N=C(N)NOS(C)(=O)=O)cc1. The Morgan fingerprint density at radius 3 is 2.21 bits per heavy atom. The third-order valence-electron chi connectivity index (χ3n) is 2.28. The van der Waals surface area contributed by atoms with Gasteiger partial charge in [0, 0.05) is 0 Å². The van der Waals surface area contributed by atoms with E-state index in [1.54, 1.807) is 12.1 Å². The van der Waals surface area contributed by atoms with Gasteiger partial charge < -0.3 is 5.73 Å². The van der Waals surface area contributed by atoms with Crippen LogP contribution < -0.4 is 11.2 Å². The highest BCUT2D eigenvalue weighted by atomic mass is 32.2. The molecule has 1 aromatic carbocycles. The molecule has 0 heterocycles. The Balaban J connectivity index is 2.77. The molecule has 0 saturated carbocycles. The molecule has 0 aliphatic rings. The van der Waals surface area contributed by atoms with Gasteiger partial charge in [-0.15, -0.1) is 4.28 Å². The molecule has 7 heteroatoms. The first-order valence-corrected chi connectivity index (χ1v) is 7.49. The number of nitrogens with two attached hydrogens (primary N) is 1. The largest absolute Gasteiger partial charge is 0.368 e. The second-order valence-corrected chi connectivity index (χ2v) is 6.76. The third-order valence-corrected chi connectivity index (χ3v) is 2.67. The summed E-state index contributed by atoms with van der Waals surface area (Å²) in [7, 11) is -3.61. The summed E-state index contributed by atoms with van der Waals surface area (Å²) in [5.74, 6) is -0.131. The summed E-state index contributed by atoms with van der Waals surface area (Å²) >= 11 is 0. The minimum absolute atomic E-state index is 0.0610. The van der Waals surface area contributed by atoms with Crippen LogP contribution in [-0.2, 0) is 19.8 Å². The number of guanidine groups is 1. The summed E-state index contributed by atoms with van der Waals surface area (Å²) in [6.45, 7) is 6.34. The normalized spacial score (nSPS) is 13.4. The van der Waals surface area contributed by atoms with Gasteiger partial charge in [0.15, 0.2) is 0 Å². The quantitative estimate of drug-likeness (QED) is 0.497. The Hall–Kier alpha value is -1.60. The number of hydrogen-bond donors (Lipinski definition) is 2. The number of nitrogens with one attached hydrogen (secondary N) is 1. The average molecular weight is 285 g/mol. The number of aliphatic imine (C=N–C) groups is 1. The number of rotatable bonds is 3. The highest BCUT2D eigenvalue weighted by molar-refractivity contribution is 7.85. The van der Waals surface area contributed by atoms with Crippen molar-refractivity contribution in [1.82, 2.24) is 5.48 Å². The first-order chi connectivity index (χ1) is 8.58. The zero-order valence-electron chi connectivity index (χ0n) is 11.5. The highest BCUT2D eigenvalue weighted by Gasteiger charge is 2.12. The summed E-state index contributed by atoms with van der Waals surface area (Å²) in [4.78, 5) is 3.98. The van der Waals surface area contributed by atoms with E-state index in [1.807, 2.05) is 12.1 Å². The lowest BCUT2D eigenvalue weighted by atomic mass is 9.87. The highest BCUT2D eigenvalue weighted by Crippen LogP contribution is 2.24. The molecule has 0 radical (unpaired) electrons. The Morgan fingerprint density at radius 2 is 1.79 bits per heavy atom. The van der Waals surface area contributed by atoms with Crippen molar-refractivity contribution in [3.05, 3.63) is 29.8 Å². The molecule has 0 bridgehead atoms. The van der Waals surface area contributed by atoms with Crippen molar-refractivity contribution in [2.24, 2.45) is 10.7 Å². The molecule has 0 saturated heterocycles. The molecule has 3 N–H and O–H groups in total.